The van der Waals surface area contributed by atoms with Crippen LogP contribution in [0, 0.1) is 10.1 Å². The van der Waals surface area contributed by atoms with Crippen LogP contribution in [0.25, 0.3) is 0 Å². The van der Waals surface area contributed by atoms with Gasteiger partial charge in [0.05, 0.1) is 23.5 Å². The molecule has 182 valence electrons. The molecule has 0 bridgehead atoms. The van der Waals surface area contributed by atoms with Gasteiger partial charge in [0.2, 0.25) is 11.8 Å². The van der Waals surface area contributed by atoms with Crippen molar-refractivity contribution in [1.82, 2.24) is 5.43 Å². The van der Waals surface area contributed by atoms with Crippen LogP contribution in [0.15, 0.2) is 62.9 Å². The number of esters is 1. The monoisotopic (exact) mass is 536 g/mol. The Kier molecular flexibility index (Phi) is 9.12. The smallest absolute Gasteiger partial charge is 0.345 e. The summed E-state index contributed by atoms with van der Waals surface area (Å²) in [5.74, 6) is -1.08. The molecule has 0 aliphatic heterocycles. The molecule has 0 unspecified atom stereocenters. The lowest BCUT2D eigenvalue weighted by Gasteiger charge is -2.06. The maximum absolute atomic E-state index is 12.4. The maximum atomic E-state index is 12.4. The Morgan fingerprint density at radius 3 is 2.63 bits per heavy atom. The number of furan rings is 1. The number of nitrogens with one attached hydrogen (secondary N) is 2. The number of ether oxygens (including phenoxy) is 1. The van der Waals surface area contributed by atoms with Crippen LogP contribution < -0.4 is 10.7 Å². The van der Waals surface area contributed by atoms with Crippen LogP contribution in [-0.2, 0) is 9.53 Å². The molecule has 1 heterocycles. The fraction of sp³-hybridized carbons (Fsp3) is 0.136. The van der Waals surface area contributed by atoms with E-state index < -0.39 is 16.8 Å². The molecule has 0 saturated heterocycles. The van der Waals surface area contributed by atoms with E-state index in [1.165, 1.54) is 23.9 Å². The molecule has 0 atom stereocenters. The first kappa shape index (κ1) is 26.1. The Morgan fingerprint density at radius 1 is 1.23 bits per heavy atom. The third kappa shape index (κ3) is 7.22. The minimum atomic E-state index is -0.700. The lowest BCUT2D eigenvalue weighted by atomic mass is 10.2. The molecule has 3 rings (SSSR count). The summed E-state index contributed by atoms with van der Waals surface area (Å²) >= 11 is 13.5. The van der Waals surface area contributed by atoms with Crippen molar-refractivity contribution in [2.45, 2.75) is 11.8 Å². The maximum Gasteiger partial charge on any atom is 0.345 e. The van der Waals surface area contributed by atoms with Gasteiger partial charge in [-0.2, -0.15) is 5.10 Å². The van der Waals surface area contributed by atoms with E-state index in [4.69, 9.17) is 32.4 Å². The molecule has 3 aromatic rings. The molecule has 10 nitrogen and oxygen atoms in total. The Labute approximate surface area is 213 Å². The summed E-state index contributed by atoms with van der Waals surface area (Å²) in [6.07, 6.45) is 1.16. The molecule has 1 aromatic heterocycles. The van der Waals surface area contributed by atoms with Crippen LogP contribution in [0.5, 0.6) is 0 Å². The van der Waals surface area contributed by atoms with Crippen molar-refractivity contribution in [1.29, 1.82) is 0 Å². The highest BCUT2D eigenvalue weighted by Gasteiger charge is 2.25. The molecule has 0 aliphatic carbocycles. The van der Waals surface area contributed by atoms with Crippen LogP contribution in [0.3, 0.4) is 0 Å². The van der Waals surface area contributed by atoms with Gasteiger partial charge in [-0.05, 0) is 37.3 Å². The number of anilines is 2. The van der Waals surface area contributed by atoms with Gasteiger partial charge in [-0.1, -0.05) is 29.3 Å². The molecule has 0 fully saturated rings. The predicted molar refractivity (Wildman–Crippen MR) is 134 cm³/mol. The molecule has 13 heteroatoms. The summed E-state index contributed by atoms with van der Waals surface area (Å²) in [5, 5.41) is 17.9. The highest BCUT2D eigenvalue weighted by molar-refractivity contribution is 8.00. The van der Waals surface area contributed by atoms with Crippen molar-refractivity contribution in [2.24, 2.45) is 5.10 Å². The second-order valence-electron chi connectivity index (χ2n) is 6.67. The van der Waals surface area contributed by atoms with Crippen molar-refractivity contribution in [3.05, 3.63) is 80.0 Å². The molecule has 0 saturated carbocycles. The van der Waals surface area contributed by atoms with E-state index in [1.54, 1.807) is 43.3 Å². The van der Waals surface area contributed by atoms with E-state index in [0.717, 1.165) is 6.21 Å². The Bertz CT molecular complexity index is 1260. The minimum Gasteiger partial charge on any atom is -0.462 e. The Hall–Kier alpha value is -3.54. The van der Waals surface area contributed by atoms with Gasteiger partial charge in [-0.3, -0.25) is 14.9 Å². The lowest BCUT2D eigenvalue weighted by molar-refractivity contribution is -0.384. The lowest BCUT2D eigenvalue weighted by Crippen LogP contribution is -2.19. The first-order chi connectivity index (χ1) is 16.8. The Balaban J connectivity index is 1.67. The van der Waals surface area contributed by atoms with Gasteiger partial charge >= 0.3 is 5.97 Å². The summed E-state index contributed by atoms with van der Waals surface area (Å²) in [4.78, 5) is 35.4. The summed E-state index contributed by atoms with van der Waals surface area (Å²) in [7, 11) is 0. The highest BCUT2D eigenvalue weighted by Crippen LogP contribution is 2.34. The molecule has 2 N–H and O–H groups in total. The summed E-state index contributed by atoms with van der Waals surface area (Å²) in [5.41, 5.74) is 2.81. The van der Waals surface area contributed by atoms with E-state index in [1.807, 2.05) is 0 Å². The van der Waals surface area contributed by atoms with Crippen molar-refractivity contribution >= 4 is 70.3 Å². The average Bonchev–Trinajstić information content (AvgIpc) is 3.12. The van der Waals surface area contributed by atoms with Gasteiger partial charge in [-0.25, -0.2) is 10.2 Å². The second-order valence-corrected chi connectivity index (χ2v) is 8.54. The molecule has 0 spiro atoms. The fourth-order valence-electron chi connectivity index (χ4n) is 2.69. The second kappa shape index (κ2) is 12.2. The van der Waals surface area contributed by atoms with Crippen LogP contribution in [0.1, 0.15) is 23.0 Å². The number of carbonyl (C=O) groups is 2. The van der Waals surface area contributed by atoms with Crippen molar-refractivity contribution < 1.29 is 23.7 Å². The van der Waals surface area contributed by atoms with Crippen LogP contribution in [-0.4, -0.2) is 35.4 Å². The predicted octanol–water partition coefficient (Wildman–Crippen LogP) is 5.66. The quantitative estimate of drug-likeness (QED) is 0.111. The molecule has 0 aliphatic rings. The number of thioether (sulfide) groups is 1. The standard InChI is InChI=1S/C22H18Cl2N4O6S/c1-2-33-22(30)19-20(24)17(34-21(19)26-14-5-3-4-13(23)10-14)11-25-27-18(29)12-35-16-8-6-15(7-9-16)28(31)32/h3-11,26H,2,12H2,1H3,(H,27,29)/b25-11-. The van der Waals surface area contributed by atoms with Crippen molar-refractivity contribution in [2.75, 3.05) is 17.7 Å². The van der Waals surface area contributed by atoms with Gasteiger partial charge in [-0.15, -0.1) is 11.8 Å². The zero-order valence-corrected chi connectivity index (χ0v) is 20.4. The molecule has 1 amide bonds. The van der Waals surface area contributed by atoms with Gasteiger partial charge in [0, 0.05) is 27.7 Å². The number of benzene rings is 2. The van der Waals surface area contributed by atoms with Crippen LogP contribution in [0.4, 0.5) is 17.3 Å². The number of nitro benzene ring substituents is 1. The normalized spacial score (nSPS) is 10.8. The SMILES string of the molecule is CCOC(=O)c1c(Nc2cccc(Cl)c2)oc(/C=N\NC(=O)CSc2ccc([N+](=O)[O-])cc2)c1Cl. The van der Waals surface area contributed by atoms with E-state index in [-0.39, 0.29) is 40.3 Å². The van der Waals surface area contributed by atoms with Gasteiger partial charge in [0.15, 0.2) is 5.76 Å². The number of nitrogens with zero attached hydrogens (tertiary/aromatic N) is 2. The molecule has 2 aromatic carbocycles. The number of hydrogen-bond acceptors (Lipinski definition) is 9. The number of amides is 1. The number of hydrogen-bond donors (Lipinski definition) is 2. The van der Waals surface area contributed by atoms with E-state index in [0.29, 0.717) is 15.6 Å². The zero-order valence-electron chi connectivity index (χ0n) is 18.1. The molecule has 0 radical (unpaired) electrons. The first-order valence-electron chi connectivity index (χ1n) is 9.99. The van der Waals surface area contributed by atoms with Gasteiger partial charge in [0.1, 0.15) is 10.6 Å². The van der Waals surface area contributed by atoms with Crippen molar-refractivity contribution in [3.63, 3.8) is 0 Å². The fourth-order valence-corrected chi connectivity index (χ4v) is 3.82. The number of carbonyl (C=O) groups excluding carboxylic acids is 2. The van der Waals surface area contributed by atoms with Crippen LogP contribution in [0.2, 0.25) is 10.0 Å². The highest BCUT2D eigenvalue weighted by atomic mass is 35.5. The Morgan fingerprint density at radius 2 is 1.97 bits per heavy atom. The van der Waals surface area contributed by atoms with E-state index >= 15 is 0 Å². The molecular weight excluding hydrogens is 519 g/mol. The van der Waals surface area contributed by atoms with E-state index in [9.17, 15) is 19.7 Å². The van der Waals surface area contributed by atoms with E-state index in [2.05, 4.69) is 15.8 Å². The van der Waals surface area contributed by atoms with Gasteiger partial charge in [0.25, 0.3) is 5.69 Å². The number of nitro groups is 1. The summed E-state index contributed by atoms with van der Waals surface area (Å²) in [6.45, 7) is 1.78. The van der Waals surface area contributed by atoms with Crippen molar-refractivity contribution in [3.8, 4) is 0 Å². The topological polar surface area (TPSA) is 136 Å². The van der Waals surface area contributed by atoms with Crippen LogP contribution >= 0.6 is 35.0 Å². The molecule has 35 heavy (non-hydrogen) atoms. The number of rotatable bonds is 10. The number of hydrazone groups is 1. The largest absolute Gasteiger partial charge is 0.462 e. The van der Waals surface area contributed by atoms with Gasteiger partial charge < -0.3 is 14.5 Å². The molecular formula is C22H18Cl2N4O6S. The first-order valence-corrected chi connectivity index (χ1v) is 11.7. The number of non-ortho nitro benzene ring substituents is 1. The number of halogens is 2. The summed E-state index contributed by atoms with van der Waals surface area (Å²) < 4.78 is 10.7. The summed E-state index contributed by atoms with van der Waals surface area (Å²) in [6, 6.07) is 12.6. The average molecular weight is 537 g/mol. The zero-order chi connectivity index (χ0) is 25.4. The third-order valence-corrected chi connectivity index (χ3v) is 5.85. The third-order valence-electron chi connectivity index (χ3n) is 4.23. The minimum absolute atomic E-state index is 0.0106.